The van der Waals surface area contributed by atoms with Crippen LogP contribution in [0, 0.1) is 5.41 Å². The van der Waals surface area contributed by atoms with Gasteiger partial charge in [-0.25, -0.2) is 14.8 Å². The molecule has 9 nitrogen and oxygen atoms in total. The van der Waals surface area contributed by atoms with Crippen molar-refractivity contribution < 1.29 is 9.53 Å². The molecule has 3 aromatic rings. The van der Waals surface area contributed by atoms with Crippen LogP contribution in [0.5, 0.6) is 0 Å². The van der Waals surface area contributed by atoms with E-state index < -0.39 is 0 Å². The van der Waals surface area contributed by atoms with Gasteiger partial charge in [-0.15, -0.1) is 0 Å². The highest BCUT2D eigenvalue weighted by atomic mass is 16.5. The van der Waals surface area contributed by atoms with Gasteiger partial charge in [0, 0.05) is 56.5 Å². The lowest BCUT2D eigenvalue weighted by atomic mass is 9.77. The van der Waals surface area contributed by atoms with Crippen molar-refractivity contribution >= 4 is 12.0 Å². The number of carbonyl (C=O) groups is 1. The van der Waals surface area contributed by atoms with Gasteiger partial charge in [0.2, 0.25) is 0 Å². The fourth-order valence-corrected chi connectivity index (χ4v) is 7.27. The molecule has 2 aromatic heterocycles. The average molecular weight is 616 g/mol. The van der Waals surface area contributed by atoms with Crippen LogP contribution in [-0.4, -0.2) is 85.6 Å². The Morgan fingerprint density at radius 1 is 1.00 bits per heavy atom. The van der Waals surface area contributed by atoms with Crippen molar-refractivity contribution in [2.75, 3.05) is 39.3 Å². The number of nitrogens with zero attached hydrogens (tertiary/aromatic N) is 6. The Kier molecular flexibility index (Phi) is 12.0. The zero-order chi connectivity index (χ0) is 31.5. The normalized spacial score (nSPS) is 17.4. The number of imidazole rings is 2. The maximum Gasteiger partial charge on any atom is 0.330 e. The molecular weight excluding hydrogens is 562 g/mol. The number of esters is 1. The first kappa shape index (κ1) is 33.1. The van der Waals surface area contributed by atoms with Crippen molar-refractivity contribution in [1.29, 1.82) is 0 Å². The van der Waals surface area contributed by atoms with Crippen LogP contribution in [0.4, 0.5) is 0 Å². The predicted octanol–water partition coefficient (Wildman–Crippen LogP) is 5.75. The number of aryl methyl sites for hydroxylation is 1. The van der Waals surface area contributed by atoms with Crippen LogP contribution >= 0.6 is 0 Å². The highest BCUT2D eigenvalue weighted by molar-refractivity contribution is 5.87. The third kappa shape index (κ3) is 9.37. The first-order valence-electron chi connectivity index (χ1n) is 17.1. The van der Waals surface area contributed by atoms with E-state index in [-0.39, 0.29) is 5.97 Å². The standard InChI is InChI=1S/C36H53N7O2/c1-4-32(5-2)42-23-15-36(16-24-42)14-22-40(29-36)20-7-21-43-25-19-39-34(43)28-41(27-33-37-17-18-38-33)26-31-10-8-30(9-11-31)12-13-35(44)45-6-3/h8-13,17-19,25,32H,4-7,14-16,20-24,26-29H2,1-3H3,(H,37,38)/b13-12+. The average Bonchev–Trinajstić information content (AvgIpc) is 3.82. The summed E-state index contributed by atoms with van der Waals surface area (Å²) in [5.74, 6) is 1.71. The summed E-state index contributed by atoms with van der Waals surface area (Å²) in [6, 6.07) is 9.08. The van der Waals surface area contributed by atoms with Crippen molar-refractivity contribution in [3.63, 3.8) is 0 Å². The van der Waals surface area contributed by atoms with Gasteiger partial charge < -0.3 is 24.1 Å². The molecule has 1 aromatic carbocycles. The van der Waals surface area contributed by atoms with E-state index in [0.717, 1.165) is 55.9 Å². The van der Waals surface area contributed by atoms with E-state index in [0.29, 0.717) is 18.6 Å². The van der Waals surface area contributed by atoms with Crippen molar-refractivity contribution in [1.82, 2.24) is 34.2 Å². The zero-order valence-electron chi connectivity index (χ0n) is 27.7. The number of piperidine rings is 1. The lowest BCUT2D eigenvalue weighted by Crippen LogP contribution is -2.45. The van der Waals surface area contributed by atoms with Gasteiger partial charge in [-0.3, -0.25) is 4.90 Å². The molecule has 2 aliphatic rings. The molecule has 2 fully saturated rings. The van der Waals surface area contributed by atoms with Gasteiger partial charge in [-0.05, 0) is 94.2 Å². The molecule has 0 amide bonds. The number of nitrogens with one attached hydrogen (secondary N) is 1. The number of benzene rings is 1. The fourth-order valence-electron chi connectivity index (χ4n) is 7.27. The lowest BCUT2D eigenvalue weighted by molar-refractivity contribution is -0.137. The van der Waals surface area contributed by atoms with Crippen LogP contribution in [0.15, 0.2) is 55.1 Å². The Morgan fingerprint density at radius 3 is 2.49 bits per heavy atom. The van der Waals surface area contributed by atoms with Gasteiger partial charge in [-0.2, -0.15) is 0 Å². The lowest BCUT2D eigenvalue weighted by Gasteiger charge is -2.42. The molecule has 0 unspecified atom stereocenters. The second-order valence-corrected chi connectivity index (χ2v) is 12.9. The van der Waals surface area contributed by atoms with Crippen LogP contribution in [-0.2, 0) is 35.7 Å². The first-order chi connectivity index (χ1) is 22.0. The number of rotatable bonds is 16. The molecule has 0 saturated carbocycles. The third-order valence-electron chi connectivity index (χ3n) is 9.89. The summed E-state index contributed by atoms with van der Waals surface area (Å²) in [6.45, 7) is 16.3. The summed E-state index contributed by atoms with van der Waals surface area (Å²) in [7, 11) is 0. The molecule has 244 valence electrons. The number of H-pyrrole nitrogens is 1. The molecule has 0 radical (unpaired) electrons. The van der Waals surface area contributed by atoms with Crippen molar-refractivity contribution in [2.45, 2.75) is 91.5 Å². The smallest absolute Gasteiger partial charge is 0.330 e. The maximum atomic E-state index is 11.7. The van der Waals surface area contributed by atoms with E-state index in [2.05, 4.69) is 61.4 Å². The minimum atomic E-state index is -0.320. The van der Waals surface area contributed by atoms with Crippen molar-refractivity contribution in [2.24, 2.45) is 5.41 Å². The first-order valence-corrected chi connectivity index (χ1v) is 17.1. The fraction of sp³-hybridized carbons (Fsp3) is 0.583. The largest absolute Gasteiger partial charge is 0.463 e. The summed E-state index contributed by atoms with van der Waals surface area (Å²) in [5.41, 5.74) is 2.71. The third-order valence-corrected chi connectivity index (χ3v) is 9.89. The molecule has 0 atom stereocenters. The van der Waals surface area contributed by atoms with Crippen molar-refractivity contribution in [3.05, 3.63) is 77.9 Å². The second kappa shape index (κ2) is 16.3. The highest BCUT2D eigenvalue weighted by Gasteiger charge is 2.40. The molecular formula is C36H53N7O2. The Balaban J connectivity index is 1.13. The van der Waals surface area contributed by atoms with E-state index >= 15 is 0 Å². The number of aromatic nitrogens is 4. The van der Waals surface area contributed by atoms with Gasteiger partial charge in [0.1, 0.15) is 11.6 Å². The Bertz CT molecular complexity index is 1320. The van der Waals surface area contributed by atoms with E-state index in [9.17, 15) is 4.79 Å². The van der Waals surface area contributed by atoms with E-state index in [1.807, 2.05) is 31.5 Å². The van der Waals surface area contributed by atoms with Crippen LogP contribution in [0.2, 0.25) is 0 Å². The molecule has 4 heterocycles. The van der Waals surface area contributed by atoms with E-state index in [4.69, 9.17) is 9.72 Å². The number of carbonyl (C=O) groups excluding carboxylic acids is 1. The minimum Gasteiger partial charge on any atom is -0.463 e. The molecule has 1 spiro atoms. The van der Waals surface area contributed by atoms with E-state index in [1.165, 1.54) is 69.9 Å². The molecule has 0 bridgehead atoms. The molecule has 2 aliphatic heterocycles. The monoisotopic (exact) mass is 615 g/mol. The Hall–Kier alpha value is -3.27. The molecule has 45 heavy (non-hydrogen) atoms. The van der Waals surface area contributed by atoms with Gasteiger partial charge in [0.05, 0.1) is 19.7 Å². The maximum absolute atomic E-state index is 11.7. The van der Waals surface area contributed by atoms with Crippen molar-refractivity contribution in [3.8, 4) is 0 Å². The molecule has 5 rings (SSSR count). The second-order valence-electron chi connectivity index (χ2n) is 12.9. The summed E-state index contributed by atoms with van der Waals surface area (Å²) < 4.78 is 7.32. The minimum absolute atomic E-state index is 0.320. The zero-order valence-corrected chi connectivity index (χ0v) is 27.7. The number of aromatic amines is 1. The molecule has 1 N–H and O–H groups in total. The Labute approximate surface area is 269 Å². The van der Waals surface area contributed by atoms with Crippen LogP contribution < -0.4 is 0 Å². The van der Waals surface area contributed by atoms with E-state index in [1.54, 1.807) is 12.3 Å². The van der Waals surface area contributed by atoms with Crippen LogP contribution in [0.25, 0.3) is 6.08 Å². The topological polar surface area (TPSA) is 82.5 Å². The molecule has 0 aliphatic carbocycles. The van der Waals surface area contributed by atoms with Gasteiger partial charge in [0.15, 0.2) is 0 Å². The molecule has 9 heteroatoms. The Morgan fingerprint density at radius 2 is 1.78 bits per heavy atom. The summed E-state index contributed by atoms with van der Waals surface area (Å²) in [6.07, 6.45) is 18.8. The van der Waals surface area contributed by atoms with Crippen LogP contribution in [0.3, 0.4) is 0 Å². The molecule has 2 saturated heterocycles. The van der Waals surface area contributed by atoms with Crippen LogP contribution in [0.1, 0.15) is 82.1 Å². The highest BCUT2D eigenvalue weighted by Crippen LogP contribution is 2.41. The van der Waals surface area contributed by atoms with Gasteiger partial charge in [0.25, 0.3) is 0 Å². The number of hydrogen-bond donors (Lipinski definition) is 1. The summed E-state index contributed by atoms with van der Waals surface area (Å²) in [4.78, 5) is 32.0. The number of ether oxygens (including phenoxy) is 1. The van der Waals surface area contributed by atoms with Gasteiger partial charge in [-0.1, -0.05) is 38.1 Å². The SMILES string of the molecule is CCOC(=O)/C=C/c1ccc(CN(Cc2ncc[nH]2)Cc2nccn2CCCN2CCC3(CCN(C(CC)CC)CC3)C2)cc1. The summed E-state index contributed by atoms with van der Waals surface area (Å²) in [5, 5.41) is 0. The summed E-state index contributed by atoms with van der Waals surface area (Å²) >= 11 is 0. The van der Waals surface area contributed by atoms with Gasteiger partial charge >= 0.3 is 5.97 Å². The number of hydrogen-bond acceptors (Lipinski definition) is 7. The quantitative estimate of drug-likeness (QED) is 0.162. The predicted molar refractivity (Wildman–Crippen MR) is 179 cm³/mol. The number of likely N-dealkylation sites (tertiary alicyclic amines) is 2.